The Hall–Kier alpha value is -1.98. The number of aliphatic hydroxyl groups excluding tert-OH is 1. The molecule has 0 aliphatic carbocycles. The molecule has 3 heterocycles. The molecule has 1 amide bonds. The standard InChI is InChI=1S/C15H17N3O6S2/c1-6-8(3-24-9(20)4-25-15-17-16-5-26-15)12(14(22)23)18-11(6)10(7(2)19)13(18)21/h5-7,10-11,19H,3-4H2,1-2H3,(H,22,23)/t6-,7+,10+,11+/m0/s1. The van der Waals surface area contributed by atoms with Crippen molar-refractivity contribution < 1.29 is 29.3 Å². The SMILES string of the molecule is C[C@@H](O)[C@H]1C(=O)N2C(C(=O)O)=C(COC(=O)CSc3nncs3)[C@H](C)[C@H]12. The van der Waals surface area contributed by atoms with Crippen molar-refractivity contribution in [2.24, 2.45) is 11.8 Å². The summed E-state index contributed by atoms with van der Waals surface area (Å²) in [5.41, 5.74) is 1.79. The summed E-state index contributed by atoms with van der Waals surface area (Å²) in [6.45, 7) is 3.08. The number of hydrogen-bond acceptors (Lipinski definition) is 9. The number of hydrogen-bond donors (Lipinski definition) is 2. The van der Waals surface area contributed by atoms with Gasteiger partial charge in [-0.2, -0.15) is 0 Å². The smallest absolute Gasteiger partial charge is 0.352 e. The first kappa shape index (κ1) is 18.8. The van der Waals surface area contributed by atoms with Gasteiger partial charge in [-0.15, -0.1) is 10.2 Å². The molecule has 11 heteroatoms. The lowest BCUT2D eigenvalue weighted by atomic mass is 9.78. The molecule has 0 radical (unpaired) electrons. The Morgan fingerprint density at radius 3 is 2.81 bits per heavy atom. The van der Waals surface area contributed by atoms with Crippen LogP contribution in [0.3, 0.4) is 0 Å². The molecule has 1 aromatic rings. The second kappa shape index (κ2) is 7.33. The monoisotopic (exact) mass is 399 g/mol. The van der Waals surface area contributed by atoms with Gasteiger partial charge in [0, 0.05) is 11.5 Å². The summed E-state index contributed by atoms with van der Waals surface area (Å²) in [7, 11) is 0. The van der Waals surface area contributed by atoms with Crippen molar-refractivity contribution >= 4 is 40.9 Å². The normalized spacial score (nSPS) is 25.7. The highest BCUT2D eigenvalue weighted by Gasteiger charge is 2.59. The van der Waals surface area contributed by atoms with E-state index in [9.17, 15) is 24.6 Å². The Morgan fingerprint density at radius 2 is 2.23 bits per heavy atom. The van der Waals surface area contributed by atoms with Crippen LogP contribution in [0.5, 0.6) is 0 Å². The molecule has 0 bridgehead atoms. The van der Waals surface area contributed by atoms with Gasteiger partial charge in [-0.1, -0.05) is 30.0 Å². The minimum absolute atomic E-state index is 0.0294. The van der Waals surface area contributed by atoms with Crippen LogP contribution in [-0.4, -0.2) is 67.7 Å². The maximum atomic E-state index is 12.2. The molecule has 0 saturated carbocycles. The van der Waals surface area contributed by atoms with Crippen molar-refractivity contribution in [2.75, 3.05) is 12.4 Å². The number of ether oxygens (including phenoxy) is 1. The number of aliphatic hydroxyl groups is 1. The van der Waals surface area contributed by atoms with Crippen molar-refractivity contribution in [1.82, 2.24) is 15.1 Å². The summed E-state index contributed by atoms with van der Waals surface area (Å²) < 4.78 is 5.84. The van der Waals surface area contributed by atoms with Crippen LogP contribution in [0.1, 0.15) is 13.8 Å². The lowest BCUT2D eigenvalue weighted by Crippen LogP contribution is -2.63. The third-order valence-corrected chi connectivity index (χ3v) is 6.39. The number of esters is 1. The van der Waals surface area contributed by atoms with Crippen LogP contribution in [0.25, 0.3) is 0 Å². The van der Waals surface area contributed by atoms with Gasteiger partial charge in [-0.05, 0) is 6.92 Å². The maximum Gasteiger partial charge on any atom is 0.352 e. The van der Waals surface area contributed by atoms with E-state index < -0.39 is 35.9 Å². The van der Waals surface area contributed by atoms with Crippen LogP contribution in [0.4, 0.5) is 0 Å². The number of nitrogens with zero attached hydrogens (tertiary/aromatic N) is 3. The average molecular weight is 399 g/mol. The van der Waals surface area contributed by atoms with Gasteiger partial charge in [0.25, 0.3) is 0 Å². The number of rotatable bonds is 7. The molecule has 1 fully saturated rings. The van der Waals surface area contributed by atoms with Gasteiger partial charge >= 0.3 is 11.9 Å². The summed E-state index contributed by atoms with van der Waals surface area (Å²) in [5, 5.41) is 26.7. The quantitative estimate of drug-likeness (QED) is 0.379. The summed E-state index contributed by atoms with van der Waals surface area (Å²) in [4.78, 5) is 36.9. The number of aliphatic carboxylic acids is 1. The molecule has 0 spiro atoms. The van der Waals surface area contributed by atoms with E-state index in [0.717, 1.165) is 0 Å². The summed E-state index contributed by atoms with van der Waals surface area (Å²) >= 11 is 2.49. The first-order valence-electron chi connectivity index (χ1n) is 7.85. The highest BCUT2D eigenvalue weighted by molar-refractivity contribution is 8.01. The van der Waals surface area contributed by atoms with Gasteiger partial charge in [0.2, 0.25) is 5.91 Å². The number of β-lactam (4-membered cyclic amide) rings is 1. The number of carbonyl (C=O) groups is 3. The van der Waals surface area contributed by atoms with Crippen LogP contribution in [-0.2, 0) is 19.1 Å². The van der Waals surface area contributed by atoms with E-state index in [1.165, 1.54) is 34.9 Å². The molecule has 140 valence electrons. The number of thioether (sulfide) groups is 1. The third-order valence-electron chi connectivity index (χ3n) is 4.56. The molecule has 0 unspecified atom stereocenters. The molecule has 2 N–H and O–H groups in total. The lowest BCUT2D eigenvalue weighted by molar-refractivity contribution is -0.163. The first-order chi connectivity index (χ1) is 12.3. The number of aromatic nitrogens is 2. The molecule has 2 aliphatic heterocycles. The van der Waals surface area contributed by atoms with Crippen molar-refractivity contribution in [3.8, 4) is 0 Å². The van der Waals surface area contributed by atoms with Crippen molar-refractivity contribution in [3.05, 3.63) is 16.8 Å². The number of fused-ring (bicyclic) bond motifs is 1. The van der Waals surface area contributed by atoms with Crippen molar-refractivity contribution in [3.63, 3.8) is 0 Å². The molecule has 1 saturated heterocycles. The van der Waals surface area contributed by atoms with Gasteiger partial charge in [-0.3, -0.25) is 9.59 Å². The predicted octanol–water partition coefficient (Wildman–Crippen LogP) is 0.370. The molecule has 9 nitrogen and oxygen atoms in total. The first-order valence-corrected chi connectivity index (χ1v) is 9.71. The zero-order valence-electron chi connectivity index (χ0n) is 14.0. The third kappa shape index (κ3) is 3.21. The van der Waals surface area contributed by atoms with Gasteiger partial charge in [0.15, 0.2) is 4.34 Å². The summed E-state index contributed by atoms with van der Waals surface area (Å²) in [6, 6.07) is -0.418. The predicted molar refractivity (Wildman–Crippen MR) is 91.2 cm³/mol. The van der Waals surface area contributed by atoms with Gasteiger partial charge in [0.1, 0.15) is 17.8 Å². The van der Waals surface area contributed by atoms with E-state index in [-0.39, 0.29) is 24.0 Å². The second-order valence-corrected chi connectivity index (χ2v) is 8.14. The lowest BCUT2D eigenvalue weighted by Gasteiger charge is -2.46. The van der Waals surface area contributed by atoms with Gasteiger partial charge in [0.05, 0.1) is 23.8 Å². The fourth-order valence-corrected chi connectivity index (χ4v) is 4.67. The highest BCUT2D eigenvalue weighted by Crippen LogP contribution is 2.47. The topological polar surface area (TPSA) is 130 Å². The Morgan fingerprint density at radius 1 is 1.50 bits per heavy atom. The van der Waals surface area contributed by atoms with Crippen molar-refractivity contribution in [1.29, 1.82) is 0 Å². The van der Waals surface area contributed by atoms with E-state index in [1.54, 1.807) is 12.4 Å². The molecular formula is C15H17N3O6S2. The largest absolute Gasteiger partial charge is 0.477 e. The molecule has 1 aromatic heterocycles. The van der Waals surface area contributed by atoms with Crippen LogP contribution in [0.2, 0.25) is 0 Å². The average Bonchev–Trinajstić information content (AvgIpc) is 3.16. The number of amides is 1. The van der Waals surface area contributed by atoms with Crippen molar-refractivity contribution in [2.45, 2.75) is 30.3 Å². The zero-order chi connectivity index (χ0) is 19.0. The Bertz CT molecular complexity index is 763. The number of carboxylic acid groups (broad SMARTS) is 1. The van der Waals surface area contributed by atoms with E-state index in [0.29, 0.717) is 9.91 Å². The van der Waals surface area contributed by atoms with E-state index in [2.05, 4.69) is 10.2 Å². The fourth-order valence-electron chi connectivity index (χ4n) is 3.38. The molecular weight excluding hydrogens is 382 g/mol. The minimum Gasteiger partial charge on any atom is -0.477 e. The molecule has 4 atom stereocenters. The van der Waals surface area contributed by atoms with E-state index >= 15 is 0 Å². The van der Waals surface area contributed by atoms with Crippen LogP contribution < -0.4 is 0 Å². The fraction of sp³-hybridized carbons (Fsp3) is 0.533. The number of carboxylic acids is 1. The summed E-state index contributed by atoms with van der Waals surface area (Å²) in [6.07, 6.45) is -0.869. The van der Waals surface area contributed by atoms with Gasteiger partial charge in [-0.25, -0.2) is 4.79 Å². The van der Waals surface area contributed by atoms with E-state index in [1.807, 2.05) is 0 Å². The van der Waals surface area contributed by atoms with E-state index in [4.69, 9.17) is 4.74 Å². The highest BCUT2D eigenvalue weighted by atomic mass is 32.2. The van der Waals surface area contributed by atoms with Crippen LogP contribution >= 0.6 is 23.1 Å². The Kier molecular flexibility index (Phi) is 5.30. The van der Waals surface area contributed by atoms with Gasteiger partial charge < -0.3 is 19.8 Å². The number of carbonyl (C=O) groups excluding carboxylic acids is 2. The summed E-state index contributed by atoms with van der Waals surface area (Å²) in [5.74, 6) is -3.10. The van der Waals surface area contributed by atoms with Crippen LogP contribution in [0.15, 0.2) is 21.1 Å². The maximum absolute atomic E-state index is 12.2. The molecule has 0 aromatic carbocycles. The molecule has 3 rings (SSSR count). The zero-order valence-corrected chi connectivity index (χ0v) is 15.6. The Balaban J connectivity index is 1.67. The molecule has 26 heavy (non-hydrogen) atoms. The minimum atomic E-state index is -1.24. The molecule has 2 aliphatic rings. The van der Waals surface area contributed by atoms with Crippen LogP contribution in [0, 0.1) is 11.8 Å². The second-order valence-electron chi connectivity index (χ2n) is 6.09. The Labute approximate surface area is 157 Å².